The maximum Gasteiger partial charge on any atom is 0.234 e. The predicted octanol–water partition coefficient (Wildman–Crippen LogP) is 2.76. The molecule has 1 amide bonds. The lowest BCUT2D eigenvalue weighted by atomic mass is 9.90. The van der Waals surface area contributed by atoms with E-state index < -0.39 is 0 Å². The molecule has 0 fully saturated rings. The number of hydrogen-bond donors (Lipinski definition) is 3. The first-order chi connectivity index (χ1) is 11.2. The van der Waals surface area contributed by atoms with E-state index in [1.165, 1.54) is 16.5 Å². The van der Waals surface area contributed by atoms with Gasteiger partial charge in [-0.05, 0) is 24.1 Å². The first-order valence-electron chi connectivity index (χ1n) is 7.80. The third-order valence-corrected chi connectivity index (χ3v) is 4.25. The fourth-order valence-electron chi connectivity index (χ4n) is 2.87. The summed E-state index contributed by atoms with van der Waals surface area (Å²) >= 11 is 0. The van der Waals surface area contributed by atoms with E-state index in [9.17, 15) is 4.79 Å². The number of para-hydroxylation sites is 1. The highest BCUT2D eigenvalue weighted by atomic mass is 16.1. The first-order valence-corrected chi connectivity index (χ1v) is 7.80. The number of fused-ring (bicyclic) bond motifs is 1. The fraction of sp³-hybridized carbons (Fsp3) is 0.211. The Bertz CT molecular complexity index is 794. The molecule has 0 aliphatic carbocycles. The number of carbonyl (C=O) groups is 1. The quantitative estimate of drug-likeness (QED) is 0.655. The van der Waals surface area contributed by atoms with Gasteiger partial charge in [0.15, 0.2) is 0 Å². The second kappa shape index (κ2) is 6.67. The monoisotopic (exact) mass is 307 g/mol. The minimum atomic E-state index is -0.355. The molecule has 3 aromatic rings. The van der Waals surface area contributed by atoms with Gasteiger partial charge in [-0.25, -0.2) is 0 Å². The molecular formula is C19H21N3O. The van der Waals surface area contributed by atoms with Gasteiger partial charge in [-0.1, -0.05) is 48.5 Å². The molecule has 118 valence electrons. The molecule has 3 rings (SSSR count). The van der Waals surface area contributed by atoms with Crippen LogP contribution in [-0.2, 0) is 4.79 Å². The van der Waals surface area contributed by atoms with Crippen molar-refractivity contribution >= 4 is 16.8 Å². The average molecular weight is 307 g/mol. The van der Waals surface area contributed by atoms with Gasteiger partial charge in [-0.2, -0.15) is 0 Å². The highest BCUT2D eigenvalue weighted by Gasteiger charge is 2.19. The SMILES string of the molecule is C[C@H](NC[C@@H](c1ccccc1)c1c[nH]c2ccccc12)C(N)=O. The molecule has 1 heterocycles. The Kier molecular flexibility index (Phi) is 4.44. The molecule has 4 heteroatoms. The summed E-state index contributed by atoms with van der Waals surface area (Å²) in [6.45, 7) is 2.44. The minimum Gasteiger partial charge on any atom is -0.368 e. The van der Waals surface area contributed by atoms with Crippen molar-refractivity contribution in [2.45, 2.75) is 18.9 Å². The van der Waals surface area contributed by atoms with Crippen molar-refractivity contribution in [3.8, 4) is 0 Å². The van der Waals surface area contributed by atoms with Crippen molar-refractivity contribution in [3.63, 3.8) is 0 Å². The number of carbonyl (C=O) groups excluding carboxylic acids is 1. The molecule has 2 atom stereocenters. The van der Waals surface area contributed by atoms with E-state index >= 15 is 0 Å². The van der Waals surface area contributed by atoms with E-state index in [2.05, 4.69) is 40.8 Å². The van der Waals surface area contributed by atoms with E-state index in [4.69, 9.17) is 5.73 Å². The van der Waals surface area contributed by atoms with Gasteiger partial charge in [-0.3, -0.25) is 4.79 Å². The summed E-state index contributed by atoms with van der Waals surface area (Å²) in [5, 5.41) is 4.45. The van der Waals surface area contributed by atoms with Crippen molar-refractivity contribution in [2.75, 3.05) is 6.54 Å². The lowest BCUT2D eigenvalue weighted by molar-refractivity contribution is -0.119. The largest absolute Gasteiger partial charge is 0.368 e. The third-order valence-electron chi connectivity index (χ3n) is 4.25. The predicted molar refractivity (Wildman–Crippen MR) is 93.2 cm³/mol. The van der Waals surface area contributed by atoms with Crippen LogP contribution in [0.25, 0.3) is 10.9 Å². The maximum absolute atomic E-state index is 11.3. The standard InChI is InChI=1S/C19H21N3O/c1-13(19(20)23)21-11-16(14-7-3-2-4-8-14)17-12-22-18-10-6-5-9-15(17)18/h2-10,12-13,16,21-22H,11H2,1H3,(H2,20,23)/t13-,16-/m0/s1. The molecule has 2 aromatic carbocycles. The molecule has 0 unspecified atom stereocenters. The molecule has 23 heavy (non-hydrogen) atoms. The summed E-state index contributed by atoms with van der Waals surface area (Å²) in [6, 6.07) is 18.2. The highest BCUT2D eigenvalue weighted by molar-refractivity contribution is 5.84. The summed E-state index contributed by atoms with van der Waals surface area (Å²) in [4.78, 5) is 14.6. The zero-order chi connectivity index (χ0) is 16.2. The number of amides is 1. The number of aromatic nitrogens is 1. The van der Waals surface area contributed by atoms with Crippen molar-refractivity contribution in [1.82, 2.24) is 10.3 Å². The highest BCUT2D eigenvalue weighted by Crippen LogP contribution is 2.30. The van der Waals surface area contributed by atoms with Crippen LogP contribution in [0.4, 0.5) is 0 Å². The topological polar surface area (TPSA) is 70.9 Å². The van der Waals surface area contributed by atoms with Gasteiger partial charge in [-0.15, -0.1) is 0 Å². The zero-order valence-electron chi connectivity index (χ0n) is 13.1. The van der Waals surface area contributed by atoms with E-state index in [0.717, 1.165) is 5.52 Å². The minimum absolute atomic E-state index is 0.147. The normalized spacial score (nSPS) is 13.8. The smallest absolute Gasteiger partial charge is 0.234 e. The number of rotatable bonds is 6. The number of aromatic amines is 1. The molecule has 0 spiro atoms. The number of primary amides is 1. The molecule has 0 bridgehead atoms. The van der Waals surface area contributed by atoms with Crippen LogP contribution in [-0.4, -0.2) is 23.5 Å². The number of hydrogen-bond acceptors (Lipinski definition) is 2. The number of nitrogens with two attached hydrogens (primary N) is 1. The van der Waals surface area contributed by atoms with Crippen molar-refractivity contribution in [2.24, 2.45) is 5.73 Å². The third kappa shape index (κ3) is 3.27. The van der Waals surface area contributed by atoms with Gasteiger partial charge in [0.25, 0.3) is 0 Å². The van der Waals surface area contributed by atoms with Crippen LogP contribution < -0.4 is 11.1 Å². The van der Waals surface area contributed by atoms with Crippen LogP contribution >= 0.6 is 0 Å². The van der Waals surface area contributed by atoms with E-state index in [0.29, 0.717) is 6.54 Å². The summed E-state index contributed by atoms with van der Waals surface area (Å²) in [5.74, 6) is -0.190. The Morgan fingerprint density at radius 3 is 2.57 bits per heavy atom. The molecule has 4 N–H and O–H groups in total. The van der Waals surface area contributed by atoms with E-state index in [-0.39, 0.29) is 17.9 Å². The van der Waals surface area contributed by atoms with Gasteiger partial charge in [0.05, 0.1) is 6.04 Å². The Morgan fingerprint density at radius 1 is 1.13 bits per heavy atom. The molecular weight excluding hydrogens is 286 g/mol. The Labute approximate surface area is 135 Å². The molecule has 1 aromatic heterocycles. The second-order valence-corrected chi connectivity index (χ2v) is 5.79. The van der Waals surface area contributed by atoms with Gasteiger partial charge in [0.1, 0.15) is 0 Å². The fourth-order valence-corrected chi connectivity index (χ4v) is 2.87. The van der Waals surface area contributed by atoms with Crippen LogP contribution in [0.3, 0.4) is 0 Å². The van der Waals surface area contributed by atoms with Crippen molar-refractivity contribution in [3.05, 3.63) is 71.9 Å². The molecule has 0 radical (unpaired) electrons. The van der Waals surface area contributed by atoms with Crippen LogP contribution in [0, 0.1) is 0 Å². The summed E-state index contributed by atoms with van der Waals surface area (Å²) in [5.41, 5.74) is 8.91. The Hall–Kier alpha value is -2.59. The van der Waals surface area contributed by atoms with Crippen molar-refractivity contribution < 1.29 is 4.79 Å². The second-order valence-electron chi connectivity index (χ2n) is 5.79. The number of benzene rings is 2. The van der Waals surface area contributed by atoms with Crippen LogP contribution in [0.1, 0.15) is 24.0 Å². The molecule has 0 saturated carbocycles. The summed E-state index contributed by atoms with van der Waals surface area (Å²) < 4.78 is 0. The van der Waals surface area contributed by atoms with Crippen LogP contribution in [0.2, 0.25) is 0 Å². The molecule has 0 aliphatic rings. The number of H-pyrrole nitrogens is 1. The van der Waals surface area contributed by atoms with E-state index in [1.54, 1.807) is 6.92 Å². The average Bonchev–Trinajstić information content (AvgIpc) is 3.00. The zero-order valence-corrected chi connectivity index (χ0v) is 13.1. The Morgan fingerprint density at radius 2 is 1.83 bits per heavy atom. The van der Waals surface area contributed by atoms with Crippen molar-refractivity contribution in [1.29, 1.82) is 0 Å². The summed E-state index contributed by atoms with van der Waals surface area (Å²) in [7, 11) is 0. The number of nitrogens with one attached hydrogen (secondary N) is 2. The van der Waals surface area contributed by atoms with Gasteiger partial charge < -0.3 is 16.0 Å². The van der Waals surface area contributed by atoms with E-state index in [1.807, 2.05) is 30.3 Å². The molecule has 0 aliphatic heterocycles. The van der Waals surface area contributed by atoms with Crippen LogP contribution in [0.5, 0.6) is 0 Å². The van der Waals surface area contributed by atoms with Crippen LogP contribution in [0.15, 0.2) is 60.8 Å². The van der Waals surface area contributed by atoms with Gasteiger partial charge in [0.2, 0.25) is 5.91 Å². The first kappa shape index (κ1) is 15.3. The Balaban J connectivity index is 1.96. The maximum atomic E-state index is 11.3. The summed E-state index contributed by atoms with van der Waals surface area (Å²) in [6.07, 6.45) is 2.05. The van der Waals surface area contributed by atoms with Gasteiger partial charge >= 0.3 is 0 Å². The molecule has 4 nitrogen and oxygen atoms in total. The van der Waals surface area contributed by atoms with Gasteiger partial charge in [0, 0.05) is 29.6 Å². The molecule has 0 saturated heterocycles. The lowest BCUT2D eigenvalue weighted by Crippen LogP contribution is -2.40. The lowest BCUT2D eigenvalue weighted by Gasteiger charge is -2.20.